The maximum absolute atomic E-state index is 9.98. The summed E-state index contributed by atoms with van der Waals surface area (Å²) in [6.07, 6.45) is 1.85. The third-order valence-corrected chi connectivity index (χ3v) is 4.64. The number of hydrogen-bond donors (Lipinski definition) is 2. The van der Waals surface area contributed by atoms with Crippen LogP contribution in [0, 0.1) is 6.92 Å². The summed E-state index contributed by atoms with van der Waals surface area (Å²) < 4.78 is 1.20. The first-order chi connectivity index (χ1) is 7.44. The smallest absolute Gasteiger partial charge is 0.0743 e. The van der Waals surface area contributed by atoms with E-state index in [1.165, 1.54) is 14.2 Å². The molecule has 2 nitrogen and oxygen atoms in total. The zero-order chi connectivity index (χ0) is 12.2. The molecule has 0 bridgehead atoms. The van der Waals surface area contributed by atoms with Gasteiger partial charge in [-0.15, -0.1) is 11.3 Å². The van der Waals surface area contributed by atoms with Crippen molar-refractivity contribution in [3.8, 4) is 0 Å². The number of aryl methyl sites for hydroxylation is 1. The molecule has 16 heavy (non-hydrogen) atoms. The van der Waals surface area contributed by atoms with E-state index >= 15 is 0 Å². The minimum absolute atomic E-state index is 0.585. The van der Waals surface area contributed by atoms with E-state index in [2.05, 4.69) is 41.2 Å². The van der Waals surface area contributed by atoms with Crippen LogP contribution in [0.3, 0.4) is 0 Å². The van der Waals surface area contributed by atoms with Gasteiger partial charge in [-0.1, -0.05) is 13.3 Å². The number of halogens is 1. The van der Waals surface area contributed by atoms with Crippen LogP contribution in [0.1, 0.15) is 37.1 Å². The first kappa shape index (κ1) is 14.2. The summed E-state index contributed by atoms with van der Waals surface area (Å²) in [5.74, 6) is 0. The van der Waals surface area contributed by atoms with Crippen LogP contribution in [0.2, 0.25) is 0 Å². The molecule has 2 N–H and O–H groups in total. The van der Waals surface area contributed by atoms with Crippen molar-refractivity contribution in [2.75, 3.05) is 6.54 Å². The summed E-state index contributed by atoms with van der Waals surface area (Å²) in [4.78, 5) is 1.30. The topological polar surface area (TPSA) is 32.3 Å². The second-order valence-electron chi connectivity index (χ2n) is 4.52. The molecule has 0 fully saturated rings. The van der Waals surface area contributed by atoms with Crippen LogP contribution in [-0.2, 0) is 6.54 Å². The van der Waals surface area contributed by atoms with Crippen molar-refractivity contribution in [3.05, 3.63) is 20.3 Å². The highest BCUT2D eigenvalue weighted by molar-refractivity contribution is 9.11. The SMILES string of the molecule is CCCC(C)(O)CNCc1cc(C)c(Br)s1. The highest BCUT2D eigenvalue weighted by Crippen LogP contribution is 2.27. The number of thiophene rings is 1. The van der Waals surface area contributed by atoms with Gasteiger partial charge in [0.25, 0.3) is 0 Å². The van der Waals surface area contributed by atoms with Crippen LogP contribution >= 0.6 is 27.3 Å². The molecule has 1 rings (SSSR count). The van der Waals surface area contributed by atoms with E-state index < -0.39 is 5.60 Å². The Hall–Kier alpha value is 0.1000. The van der Waals surface area contributed by atoms with E-state index in [0.717, 1.165) is 19.4 Å². The Labute approximate surface area is 110 Å². The molecular weight excluding hydrogens is 286 g/mol. The first-order valence-corrected chi connectivity index (χ1v) is 7.23. The van der Waals surface area contributed by atoms with Crippen molar-refractivity contribution < 1.29 is 5.11 Å². The van der Waals surface area contributed by atoms with E-state index in [1.54, 1.807) is 11.3 Å². The molecule has 0 amide bonds. The van der Waals surface area contributed by atoms with E-state index in [1.807, 2.05) is 6.92 Å². The quantitative estimate of drug-likeness (QED) is 0.843. The van der Waals surface area contributed by atoms with E-state index in [4.69, 9.17) is 0 Å². The van der Waals surface area contributed by atoms with Crippen LogP contribution in [0.4, 0.5) is 0 Å². The minimum atomic E-state index is -0.585. The van der Waals surface area contributed by atoms with Gasteiger partial charge in [-0.25, -0.2) is 0 Å². The molecule has 0 saturated carbocycles. The first-order valence-electron chi connectivity index (χ1n) is 5.62. The molecule has 1 unspecified atom stereocenters. The summed E-state index contributed by atoms with van der Waals surface area (Å²) in [6, 6.07) is 2.18. The molecule has 0 aliphatic heterocycles. The summed E-state index contributed by atoms with van der Waals surface area (Å²) >= 11 is 5.26. The van der Waals surface area contributed by atoms with E-state index in [-0.39, 0.29) is 0 Å². The molecular formula is C12H20BrNOS. The molecule has 1 atom stereocenters. The van der Waals surface area contributed by atoms with Crippen molar-refractivity contribution in [2.45, 2.75) is 45.8 Å². The van der Waals surface area contributed by atoms with Crippen LogP contribution in [-0.4, -0.2) is 17.3 Å². The molecule has 0 radical (unpaired) electrons. The second-order valence-corrected chi connectivity index (χ2v) is 6.97. The molecule has 1 heterocycles. The molecule has 4 heteroatoms. The third-order valence-electron chi connectivity index (χ3n) is 2.50. The fourth-order valence-corrected chi connectivity index (χ4v) is 3.29. The normalized spacial score (nSPS) is 15.1. The Kier molecular flexibility index (Phi) is 5.44. The summed E-state index contributed by atoms with van der Waals surface area (Å²) in [5.41, 5.74) is 0.695. The molecule has 0 spiro atoms. The van der Waals surface area contributed by atoms with Crippen LogP contribution in [0.5, 0.6) is 0 Å². The highest BCUT2D eigenvalue weighted by Gasteiger charge is 2.18. The average Bonchev–Trinajstić information content (AvgIpc) is 2.45. The largest absolute Gasteiger partial charge is 0.389 e. The molecule has 1 aromatic rings. The number of aliphatic hydroxyl groups is 1. The Morgan fingerprint density at radius 3 is 2.75 bits per heavy atom. The third kappa shape index (κ3) is 4.53. The summed E-state index contributed by atoms with van der Waals surface area (Å²) in [6.45, 7) is 7.55. The molecule has 0 aromatic carbocycles. The predicted molar refractivity (Wildman–Crippen MR) is 74.0 cm³/mol. The lowest BCUT2D eigenvalue weighted by atomic mass is 10.0. The zero-order valence-electron chi connectivity index (χ0n) is 10.1. The summed E-state index contributed by atoms with van der Waals surface area (Å²) in [7, 11) is 0. The van der Waals surface area contributed by atoms with Crippen molar-refractivity contribution in [2.24, 2.45) is 0 Å². The molecule has 92 valence electrons. The number of rotatable bonds is 6. The summed E-state index contributed by atoms with van der Waals surface area (Å²) in [5, 5.41) is 13.3. The molecule has 0 saturated heterocycles. The Bertz CT molecular complexity index is 316. The van der Waals surface area contributed by atoms with Crippen LogP contribution in [0.15, 0.2) is 9.85 Å². The van der Waals surface area contributed by atoms with Gasteiger partial charge in [0.2, 0.25) is 0 Å². The molecule has 0 aliphatic rings. The minimum Gasteiger partial charge on any atom is -0.389 e. The van der Waals surface area contributed by atoms with Gasteiger partial charge in [-0.3, -0.25) is 0 Å². The maximum atomic E-state index is 9.98. The maximum Gasteiger partial charge on any atom is 0.0743 e. The van der Waals surface area contributed by atoms with Gasteiger partial charge in [-0.2, -0.15) is 0 Å². The van der Waals surface area contributed by atoms with Gasteiger partial charge in [0, 0.05) is 18.0 Å². The number of hydrogen-bond acceptors (Lipinski definition) is 3. The second kappa shape index (κ2) is 6.15. The zero-order valence-corrected chi connectivity index (χ0v) is 12.5. The van der Waals surface area contributed by atoms with Gasteiger partial charge >= 0.3 is 0 Å². The van der Waals surface area contributed by atoms with Crippen LogP contribution in [0.25, 0.3) is 0 Å². The van der Waals surface area contributed by atoms with E-state index in [0.29, 0.717) is 6.54 Å². The lowest BCUT2D eigenvalue weighted by molar-refractivity contribution is 0.0498. The van der Waals surface area contributed by atoms with Crippen molar-refractivity contribution >= 4 is 27.3 Å². The van der Waals surface area contributed by atoms with Gasteiger partial charge < -0.3 is 10.4 Å². The monoisotopic (exact) mass is 305 g/mol. The predicted octanol–water partition coefficient (Wildman–Crippen LogP) is 3.46. The Balaban J connectivity index is 2.35. The van der Waals surface area contributed by atoms with Crippen molar-refractivity contribution in [3.63, 3.8) is 0 Å². The lowest BCUT2D eigenvalue weighted by Crippen LogP contribution is -2.37. The lowest BCUT2D eigenvalue weighted by Gasteiger charge is -2.22. The fraction of sp³-hybridized carbons (Fsp3) is 0.667. The highest BCUT2D eigenvalue weighted by atomic mass is 79.9. The number of nitrogens with one attached hydrogen (secondary N) is 1. The van der Waals surface area contributed by atoms with E-state index in [9.17, 15) is 5.11 Å². The standard InChI is InChI=1S/C12H20BrNOS/c1-4-5-12(3,15)8-14-7-10-6-9(2)11(13)16-10/h6,14-15H,4-5,7-8H2,1-3H3. The van der Waals surface area contributed by atoms with Crippen molar-refractivity contribution in [1.29, 1.82) is 0 Å². The average molecular weight is 306 g/mol. The fourth-order valence-electron chi connectivity index (χ4n) is 1.69. The van der Waals surface area contributed by atoms with Crippen LogP contribution < -0.4 is 5.32 Å². The Morgan fingerprint density at radius 1 is 1.56 bits per heavy atom. The van der Waals surface area contributed by atoms with Gasteiger partial charge in [0.05, 0.1) is 9.39 Å². The van der Waals surface area contributed by atoms with Gasteiger partial charge in [-0.05, 0) is 47.8 Å². The van der Waals surface area contributed by atoms with Crippen molar-refractivity contribution in [1.82, 2.24) is 5.32 Å². The van der Waals surface area contributed by atoms with Gasteiger partial charge in [0.15, 0.2) is 0 Å². The molecule has 0 aliphatic carbocycles. The molecule has 1 aromatic heterocycles. The van der Waals surface area contributed by atoms with Gasteiger partial charge in [0.1, 0.15) is 0 Å². The Morgan fingerprint density at radius 2 is 2.25 bits per heavy atom.